The van der Waals surface area contributed by atoms with Gasteiger partial charge >= 0.3 is 0 Å². The number of nitrogens with one attached hydrogen (secondary N) is 1. The Bertz CT molecular complexity index is 1190. The first-order valence-electron chi connectivity index (χ1n) is 10.8. The molecule has 0 saturated carbocycles. The molecule has 1 aliphatic heterocycles. The minimum absolute atomic E-state index is 0.291. The van der Waals surface area contributed by atoms with Gasteiger partial charge in [-0.3, -0.25) is 10.00 Å². The molecule has 5 rings (SSSR count). The lowest BCUT2D eigenvalue weighted by Gasteiger charge is -2.33. The topological polar surface area (TPSA) is 61.4 Å². The maximum Gasteiger partial charge on any atom is 0.127 e. The highest BCUT2D eigenvalue weighted by Crippen LogP contribution is 2.37. The Hall–Kier alpha value is -3.31. The quantitative estimate of drug-likeness (QED) is 0.465. The van der Waals surface area contributed by atoms with Crippen molar-refractivity contribution >= 4 is 10.8 Å². The summed E-state index contributed by atoms with van der Waals surface area (Å²) in [5.41, 5.74) is 4.46. The lowest BCUT2D eigenvalue weighted by Crippen LogP contribution is -2.34. The van der Waals surface area contributed by atoms with E-state index in [1.54, 1.807) is 13.2 Å². The average Bonchev–Trinajstić information content (AvgIpc) is 3.30. The number of hydrogen-bond acceptors (Lipinski definition) is 4. The van der Waals surface area contributed by atoms with Crippen LogP contribution in [0.2, 0.25) is 0 Å². The third-order valence-electron chi connectivity index (χ3n) is 6.37. The third-order valence-corrected chi connectivity index (χ3v) is 6.37. The van der Waals surface area contributed by atoms with E-state index >= 15 is 0 Å². The first-order valence-corrected chi connectivity index (χ1v) is 10.8. The molecule has 2 heterocycles. The van der Waals surface area contributed by atoms with Crippen molar-refractivity contribution in [2.24, 2.45) is 0 Å². The van der Waals surface area contributed by atoms with Crippen LogP contribution in [0.25, 0.3) is 21.9 Å². The molecule has 0 unspecified atom stereocenters. The fraction of sp³-hybridized carbons (Fsp3) is 0.269. The monoisotopic (exact) mass is 413 g/mol. The molecule has 0 radical (unpaired) electrons. The van der Waals surface area contributed by atoms with Gasteiger partial charge in [0.1, 0.15) is 11.5 Å². The van der Waals surface area contributed by atoms with E-state index < -0.39 is 0 Å². The van der Waals surface area contributed by atoms with Crippen LogP contribution in [-0.2, 0) is 6.54 Å². The summed E-state index contributed by atoms with van der Waals surface area (Å²) in [6.07, 6.45) is 4.19. The van der Waals surface area contributed by atoms with Crippen LogP contribution in [0.15, 0.2) is 66.9 Å². The molecule has 1 aliphatic rings. The third kappa shape index (κ3) is 3.77. The van der Waals surface area contributed by atoms with E-state index in [1.165, 1.54) is 27.6 Å². The summed E-state index contributed by atoms with van der Waals surface area (Å²) in [6, 6.07) is 20.4. The zero-order chi connectivity index (χ0) is 21.2. The largest absolute Gasteiger partial charge is 0.507 e. The SMILES string of the molecule is COc1cccc(O)c1CN1CCC[C@@H](c2[nH]ncc2-c2cccc3ccccc23)C1. The number of nitrogens with zero attached hydrogens (tertiary/aromatic N) is 2. The molecule has 5 heteroatoms. The van der Waals surface area contributed by atoms with Gasteiger partial charge in [-0.25, -0.2) is 0 Å². The van der Waals surface area contributed by atoms with Crippen LogP contribution >= 0.6 is 0 Å². The van der Waals surface area contributed by atoms with E-state index in [2.05, 4.69) is 57.6 Å². The van der Waals surface area contributed by atoms with Crippen LogP contribution in [0.5, 0.6) is 11.5 Å². The number of phenols is 1. The number of methoxy groups -OCH3 is 1. The Balaban J connectivity index is 1.43. The van der Waals surface area contributed by atoms with Gasteiger partial charge in [-0.15, -0.1) is 0 Å². The number of fused-ring (bicyclic) bond motifs is 1. The number of aromatic nitrogens is 2. The molecular formula is C26H27N3O2. The van der Waals surface area contributed by atoms with Crippen molar-refractivity contribution in [3.8, 4) is 22.6 Å². The molecule has 1 fully saturated rings. The van der Waals surface area contributed by atoms with Crippen LogP contribution < -0.4 is 4.74 Å². The highest BCUT2D eigenvalue weighted by molar-refractivity contribution is 5.97. The second kappa shape index (κ2) is 8.44. The summed E-state index contributed by atoms with van der Waals surface area (Å²) in [4.78, 5) is 2.40. The molecule has 1 atom stereocenters. The molecular weight excluding hydrogens is 386 g/mol. The number of benzene rings is 3. The number of aromatic hydroxyl groups is 1. The van der Waals surface area contributed by atoms with Crippen LogP contribution in [0.1, 0.15) is 30.0 Å². The molecule has 0 aliphatic carbocycles. The molecule has 0 bridgehead atoms. The number of H-pyrrole nitrogens is 1. The van der Waals surface area contributed by atoms with Crippen LogP contribution in [0.4, 0.5) is 0 Å². The van der Waals surface area contributed by atoms with Crippen molar-refractivity contribution in [1.29, 1.82) is 0 Å². The smallest absolute Gasteiger partial charge is 0.127 e. The van der Waals surface area contributed by atoms with E-state index in [9.17, 15) is 5.11 Å². The number of piperidine rings is 1. The van der Waals surface area contributed by atoms with E-state index in [-0.39, 0.29) is 0 Å². The lowest BCUT2D eigenvalue weighted by atomic mass is 9.89. The molecule has 0 amide bonds. The predicted octanol–water partition coefficient (Wildman–Crippen LogP) is 5.32. The summed E-state index contributed by atoms with van der Waals surface area (Å²) < 4.78 is 5.48. The summed E-state index contributed by atoms with van der Waals surface area (Å²) in [5.74, 6) is 1.39. The summed E-state index contributed by atoms with van der Waals surface area (Å²) in [7, 11) is 1.65. The summed E-state index contributed by atoms with van der Waals surface area (Å²) in [6.45, 7) is 2.59. The minimum Gasteiger partial charge on any atom is -0.507 e. The molecule has 3 aromatic carbocycles. The first-order chi connectivity index (χ1) is 15.2. The fourth-order valence-electron chi connectivity index (χ4n) is 4.84. The molecule has 0 spiro atoms. The van der Waals surface area contributed by atoms with E-state index in [4.69, 9.17) is 4.74 Å². The zero-order valence-electron chi connectivity index (χ0n) is 17.7. The molecule has 2 N–H and O–H groups in total. The number of rotatable bonds is 5. The standard InChI is InChI=1S/C26H27N3O2/c1-31-25-13-5-12-24(30)23(25)17-29-14-6-9-19(16-29)26-22(15-27-28-26)21-11-4-8-18-7-2-3-10-20(18)21/h2-5,7-8,10-13,15,19,30H,6,9,14,16-17H2,1H3,(H,27,28)/t19-/m1/s1. The molecule has 1 aromatic heterocycles. The van der Waals surface area contributed by atoms with Gasteiger partial charge in [0, 0.05) is 35.8 Å². The van der Waals surface area contributed by atoms with E-state index in [0.717, 1.165) is 37.2 Å². The second-order valence-corrected chi connectivity index (χ2v) is 8.26. The van der Waals surface area contributed by atoms with Crippen molar-refractivity contribution in [2.45, 2.75) is 25.3 Å². The Morgan fingerprint density at radius 2 is 1.90 bits per heavy atom. The van der Waals surface area contributed by atoms with Gasteiger partial charge in [0.2, 0.25) is 0 Å². The molecule has 5 nitrogen and oxygen atoms in total. The average molecular weight is 414 g/mol. The van der Waals surface area contributed by atoms with Crippen LogP contribution in [-0.4, -0.2) is 40.4 Å². The van der Waals surface area contributed by atoms with Crippen LogP contribution in [0.3, 0.4) is 0 Å². The van der Waals surface area contributed by atoms with Crippen molar-refractivity contribution < 1.29 is 9.84 Å². The zero-order valence-corrected chi connectivity index (χ0v) is 17.7. The number of phenolic OH excluding ortho intramolecular Hbond substituents is 1. The molecule has 1 saturated heterocycles. The van der Waals surface area contributed by atoms with Crippen LogP contribution in [0, 0.1) is 0 Å². The highest BCUT2D eigenvalue weighted by Gasteiger charge is 2.26. The number of ether oxygens (including phenoxy) is 1. The number of hydrogen-bond donors (Lipinski definition) is 2. The first kappa shape index (κ1) is 19.6. The summed E-state index contributed by atoms with van der Waals surface area (Å²) in [5, 5.41) is 20.6. The molecule has 31 heavy (non-hydrogen) atoms. The van der Waals surface area contributed by atoms with Crippen molar-refractivity contribution in [2.75, 3.05) is 20.2 Å². The highest BCUT2D eigenvalue weighted by atomic mass is 16.5. The fourth-order valence-corrected chi connectivity index (χ4v) is 4.84. The summed E-state index contributed by atoms with van der Waals surface area (Å²) >= 11 is 0. The maximum absolute atomic E-state index is 10.4. The van der Waals surface area contributed by atoms with Crippen molar-refractivity contribution in [3.63, 3.8) is 0 Å². The molecule has 158 valence electrons. The number of likely N-dealkylation sites (tertiary alicyclic amines) is 1. The Morgan fingerprint density at radius 3 is 2.81 bits per heavy atom. The van der Waals surface area contributed by atoms with Gasteiger partial charge in [0.25, 0.3) is 0 Å². The maximum atomic E-state index is 10.4. The Labute approximate surface area is 182 Å². The Kier molecular flexibility index (Phi) is 5.35. The van der Waals surface area contributed by atoms with Gasteiger partial charge in [-0.05, 0) is 47.9 Å². The Morgan fingerprint density at radius 1 is 1.06 bits per heavy atom. The van der Waals surface area contributed by atoms with Crippen molar-refractivity contribution in [3.05, 3.63) is 78.1 Å². The van der Waals surface area contributed by atoms with Gasteiger partial charge in [0.15, 0.2) is 0 Å². The van der Waals surface area contributed by atoms with Gasteiger partial charge in [0.05, 0.1) is 13.3 Å². The lowest BCUT2D eigenvalue weighted by molar-refractivity contribution is 0.194. The molecule has 4 aromatic rings. The van der Waals surface area contributed by atoms with Crippen molar-refractivity contribution in [1.82, 2.24) is 15.1 Å². The predicted molar refractivity (Wildman–Crippen MR) is 123 cm³/mol. The van der Waals surface area contributed by atoms with Gasteiger partial charge < -0.3 is 9.84 Å². The van der Waals surface area contributed by atoms with Gasteiger partial charge in [-0.2, -0.15) is 5.10 Å². The normalized spacial score (nSPS) is 17.1. The second-order valence-electron chi connectivity index (χ2n) is 8.26. The van der Waals surface area contributed by atoms with E-state index in [1.807, 2.05) is 18.3 Å². The minimum atomic E-state index is 0.291. The van der Waals surface area contributed by atoms with Gasteiger partial charge in [-0.1, -0.05) is 48.5 Å². The number of aromatic amines is 1. The van der Waals surface area contributed by atoms with E-state index in [0.29, 0.717) is 18.2 Å².